The summed E-state index contributed by atoms with van der Waals surface area (Å²) < 4.78 is 23.6. The fourth-order valence-corrected chi connectivity index (χ4v) is 2.65. The number of rotatable bonds is 12. The third-order valence-corrected chi connectivity index (χ3v) is 3.58. The lowest BCUT2D eigenvalue weighted by Crippen LogP contribution is -2.50. The fourth-order valence-electron chi connectivity index (χ4n) is 2.65. The second-order valence-corrected chi connectivity index (χ2v) is 7.51. The van der Waals surface area contributed by atoms with E-state index in [0.29, 0.717) is 6.61 Å². The van der Waals surface area contributed by atoms with Crippen molar-refractivity contribution in [3.8, 4) is 11.7 Å². The molecule has 0 unspecified atom stereocenters. The predicted octanol–water partition coefficient (Wildman–Crippen LogP) is 5.13. The minimum absolute atomic E-state index is 0.0248. The molecule has 152 valence electrons. The SMILES string of the molecule is CC(C)O[B-](C#CCCCCOCc1ccccc1)(OC(C)C)OC(C)C. The van der Waals surface area contributed by atoms with Gasteiger partial charge in [-0.05, 0) is 59.9 Å². The molecule has 4 nitrogen and oxygen atoms in total. The van der Waals surface area contributed by atoms with Gasteiger partial charge in [0, 0.05) is 31.3 Å². The van der Waals surface area contributed by atoms with Gasteiger partial charge in [0.25, 0.3) is 0 Å². The van der Waals surface area contributed by atoms with E-state index in [1.807, 2.05) is 59.7 Å². The van der Waals surface area contributed by atoms with Gasteiger partial charge < -0.3 is 18.7 Å². The van der Waals surface area contributed by atoms with Crippen LogP contribution in [0.3, 0.4) is 0 Å². The van der Waals surface area contributed by atoms with Crippen molar-refractivity contribution in [1.82, 2.24) is 0 Å². The fraction of sp³-hybridized carbons (Fsp3) is 0.636. The predicted molar refractivity (Wildman–Crippen MR) is 112 cm³/mol. The smallest absolute Gasteiger partial charge is 0.457 e. The molecule has 0 saturated heterocycles. The third kappa shape index (κ3) is 11.2. The van der Waals surface area contributed by atoms with E-state index in [2.05, 4.69) is 23.9 Å². The summed E-state index contributed by atoms with van der Waals surface area (Å²) in [6.07, 6.45) is 2.64. The molecule has 0 fully saturated rings. The molecule has 0 bridgehead atoms. The zero-order chi connectivity index (χ0) is 20.1. The van der Waals surface area contributed by atoms with Gasteiger partial charge in [-0.1, -0.05) is 30.3 Å². The Morgan fingerprint density at radius 1 is 0.815 bits per heavy atom. The summed E-state index contributed by atoms with van der Waals surface area (Å²) in [5.74, 6) is 6.35. The summed E-state index contributed by atoms with van der Waals surface area (Å²) in [6, 6.07) is 10.2. The molecular formula is C22H36BO4-. The minimum atomic E-state index is -2.07. The van der Waals surface area contributed by atoms with Crippen LogP contribution in [0.1, 0.15) is 66.4 Å². The lowest BCUT2D eigenvalue weighted by atomic mass is 9.77. The summed E-state index contributed by atoms with van der Waals surface area (Å²) in [5, 5.41) is 0. The molecule has 1 rings (SSSR count). The molecule has 0 saturated carbocycles. The molecule has 0 amide bonds. The molecule has 0 aliphatic carbocycles. The van der Waals surface area contributed by atoms with Crippen molar-refractivity contribution >= 4 is 6.75 Å². The van der Waals surface area contributed by atoms with Gasteiger partial charge in [-0.25, -0.2) is 5.82 Å². The molecule has 0 aromatic heterocycles. The van der Waals surface area contributed by atoms with Gasteiger partial charge in [0.05, 0.1) is 6.61 Å². The second kappa shape index (κ2) is 13.0. The molecule has 27 heavy (non-hydrogen) atoms. The Bertz CT molecular complexity index is 534. The quantitative estimate of drug-likeness (QED) is 0.288. The molecule has 0 heterocycles. The molecule has 0 N–H and O–H groups in total. The van der Waals surface area contributed by atoms with Crippen molar-refractivity contribution in [2.45, 2.75) is 85.7 Å². The molecule has 0 radical (unpaired) electrons. The molecule has 1 aromatic rings. The first-order chi connectivity index (χ1) is 12.8. The Morgan fingerprint density at radius 3 is 1.89 bits per heavy atom. The third-order valence-electron chi connectivity index (χ3n) is 3.58. The van der Waals surface area contributed by atoms with Crippen LogP contribution in [0.15, 0.2) is 30.3 Å². The summed E-state index contributed by atoms with van der Waals surface area (Å²) >= 11 is 0. The normalized spacial score (nSPS) is 11.9. The highest BCUT2D eigenvalue weighted by molar-refractivity contribution is 6.69. The Hall–Kier alpha value is -1.32. The summed E-state index contributed by atoms with van der Waals surface area (Å²) in [4.78, 5) is 0. The van der Waals surface area contributed by atoms with E-state index in [0.717, 1.165) is 25.9 Å². The molecule has 1 aromatic carbocycles. The first-order valence-corrected chi connectivity index (χ1v) is 10.1. The van der Waals surface area contributed by atoms with Crippen LogP contribution in [0.4, 0.5) is 0 Å². The van der Waals surface area contributed by atoms with Gasteiger partial charge in [-0.3, -0.25) is 0 Å². The van der Waals surface area contributed by atoms with Gasteiger partial charge in [0.15, 0.2) is 0 Å². The molecule has 0 aliphatic rings. The van der Waals surface area contributed by atoms with Gasteiger partial charge in [-0.2, -0.15) is 0 Å². The summed E-state index contributed by atoms with van der Waals surface area (Å²) in [7, 11) is 0. The van der Waals surface area contributed by atoms with Crippen molar-refractivity contribution in [3.05, 3.63) is 35.9 Å². The van der Waals surface area contributed by atoms with Crippen LogP contribution in [0.5, 0.6) is 0 Å². The van der Waals surface area contributed by atoms with E-state index in [-0.39, 0.29) is 18.3 Å². The standard InChI is InChI=1S/C22H36BO4/c1-19(2)25-23(26-20(3)4,27-21(5)6)16-12-7-8-13-17-24-18-22-14-10-9-11-15-22/h9-11,14-15,19-21H,7-8,13,17-18H2,1-6H3/q-1. The number of hydrogen-bond acceptors (Lipinski definition) is 4. The van der Waals surface area contributed by atoms with E-state index >= 15 is 0 Å². The maximum Gasteiger partial charge on any atom is 0.457 e. The van der Waals surface area contributed by atoms with Crippen molar-refractivity contribution in [2.75, 3.05) is 6.61 Å². The van der Waals surface area contributed by atoms with Gasteiger partial charge in [0.1, 0.15) is 0 Å². The first-order valence-electron chi connectivity index (χ1n) is 10.1. The van der Waals surface area contributed by atoms with Crippen molar-refractivity contribution in [3.63, 3.8) is 0 Å². The van der Waals surface area contributed by atoms with Crippen LogP contribution in [0, 0.1) is 11.7 Å². The molecule has 0 spiro atoms. The number of hydrogen-bond donors (Lipinski definition) is 0. The Labute approximate surface area is 165 Å². The van der Waals surface area contributed by atoms with Gasteiger partial charge in [0.2, 0.25) is 0 Å². The Kier molecular flexibility index (Phi) is 11.4. The highest BCUT2D eigenvalue weighted by Crippen LogP contribution is 2.17. The zero-order valence-electron chi connectivity index (χ0n) is 17.9. The second-order valence-electron chi connectivity index (χ2n) is 7.51. The van der Waals surface area contributed by atoms with Crippen LogP contribution in [0.25, 0.3) is 0 Å². The maximum absolute atomic E-state index is 5.97. The van der Waals surface area contributed by atoms with Crippen LogP contribution >= 0.6 is 0 Å². The maximum atomic E-state index is 5.97. The average molecular weight is 375 g/mol. The van der Waals surface area contributed by atoms with Crippen molar-refractivity contribution < 1.29 is 18.7 Å². The number of ether oxygens (including phenoxy) is 1. The molecule has 0 aliphatic heterocycles. The molecule has 5 heteroatoms. The van der Waals surface area contributed by atoms with Gasteiger partial charge in [-0.15, -0.1) is 5.92 Å². The highest BCUT2D eigenvalue weighted by Gasteiger charge is 2.30. The van der Waals surface area contributed by atoms with E-state index < -0.39 is 6.75 Å². The van der Waals surface area contributed by atoms with E-state index in [9.17, 15) is 0 Å². The average Bonchev–Trinajstić information content (AvgIpc) is 2.56. The van der Waals surface area contributed by atoms with Crippen molar-refractivity contribution in [2.24, 2.45) is 0 Å². The topological polar surface area (TPSA) is 36.9 Å². The van der Waals surface area contributed by atoms with Crippen molar-refractivity contribution in [1.29, 1.82) is 0 Å². The van der Waals surface area contributed by atoms with Crippen LogP contribution in [-0.2, 0) is 25.3 Å². The monoisotopic (exact) mass is 375 g/mol. The van der Waals surface area contributed by atoms with E-state index in [1.54, 1.807) is 0 Å². The zero-order valence-corrected chi connectivity index (χ0v) is 17.9. The lowest BCUT2D eigenvalue weighted by Gasteiger charge is -2.42. The summed E-state index contributed by atoms with van der Waals surface area (Å²) in [6.45, 7) is 11.1. The Morgan fingerprint density at radius 2 is 1.37 bits per heavy atom. The lowest BCUT2D eigenvalue weighted by molar-refractivity contribution is 0.0163. The minimum Gasteiger partial charge on any atom is -0.532 e. The Balaban J connectivity index is 2.45. The summed E-state index contributed by atoms with van der Waals surface area (Å²) in [5.41, 5.74) is 1.20. The van der Waals surface area contributed by atoms with Crippen LogP contribution in [0.2, 0.25) is 0 Å². The largest absolute Gasteiger partial charge is 0.532 e. The molecular weight excluding hydrogens is 339 g/mol. The first kappa shape index (κ1) is 23.7. The van der Waals surface area contributed by atoms with Crippen LogP contribution in [-0.4, -0.2) is 31.7 Å². The van der Waals surface area contributed by atoms with Crippen LogP contribution < -0.4 is 0 Å². The molecule has 0 atom stereocenters. The number of unbranched alkanes of at least 4 members (excludes halogenated alkanes) is 2. The van der Waals surface area contributed by atoms with E-state index in [4.69, 9.17) is 18.7 Å². The van der Waals surface area contributed by atoms with Gasteiger partial charge >= 0.3 is 6.75 Å². The highest BCUT2D eigenvalue weighted by atomic mass is 16.8. The van der Waals surface area contributed by atoms with E-state index in [1.165, 1.54) is 5.56 Å². The number of benzene rings is 1.